The van der Waals surface area contributed by atoms with Gasteiger partial charge in [0, 0.05) is 28.5 Å². The second-order valence-corrected chi connectivity index (χ2v) is 9.36. The van der Waals surface area contributed by atoms with E-state index in [1.54, 1.807) is 0 Å². The van der Waals surface area contributed by atoms with Crippen LogP contribution in [0.1, 0.15) is 16.7 Å². The summed E-state index contributed by atoms with van der Waals surface area (Å²) in [5.41, 5.74) is 10.8. The maximum absolute atomic E-state index is 10.00. The van der Waals surface area contributed by atoms with Crippen LogP contribution in [0.5, 0.6) is 0 Å². The summed E-state index contributed by atoms with van der Waals surface area (Å²) < 4.78 is 8.82. The normalized spacial score (nSPS) is 11.2. The number of pyridine rings is 1. The number of benzene rings is 4. The van der Waals surface area contributed by atoms with E-state index in [-0.39, 0.29) is 0 Å². The topological polar surface area (TPSA) is 40.8 Å². The number of furan rings is 1. The molecule has 36 heavy (non-hydrogen) atoms. The molecule has 0 N–H and O–H groups in total. The van der Waals surface area contributed by atoms with Gasteiger partial charge >= 0.3 is 0 Å². The molecule has 0 fully saturated rings. The second kappa shape index (κ2) is 8.52. The third-order valence-corrected chi connectivity index (χ3v) is 6.98. The van der Waals surface area contributed by atoms with E-state index in [9.17, 15) is 5.26 Å². The molecule has 0 radical (unpaired) electrons. The lowest BCUT2D eigenvalue weighted by atomic mass is 9.94. The SMILES string of the molecule is Cc1cc[n+](C)c(-c2c(C)ccc3c2oc2c(-c4ccc(-c5ccccc5)cc4)c(C#N)ccc23)c1. The third-order valence-electron chi connectivity index (χ3n) is 6.98. The largest absolute Gasteiger partial charge is 0.454 e. The van der Waals surface area contributed by atoms with Crippen LogP contribution in [0.25, 0.3) is 55.4 Å². The van der Waals surface area contributed by atoms with Crippen molar-refractivity contribution < 1.29 is 8.98 Å². The summed E-state index contributed by atoms with van der Waals surface area (Å²) >= 11 is 0. The first-order valence-electron chi connectivity index (χ1n) is 12.1. The summed E-state index contributed by atoms with van der Waals surface area (Å²) in [4.78, 5) is 0. The minimum absolute atomic E-state index is 0.605. The van der Waals surface area contributed by atoms with Crippen LogP contribution >= 0.6 is 0 Å². The second-order valence-electron chi connectivity index (χ2n) is 9.36. The van der Waals surface area contributed by atoms with E-state index in [1.807, 2.05) is 30.3 Å². The highest BCUT2D eigenvalue weighted by Crippen LogP contribution is 2.42. The monoisotopic (exact) mass is 465 g/mol. The number of rotatable bonds is 3. The number of hydrogen-bond acceptors (Lipinski definition) is 2. The zero-order chi connectivity index (χ0) is 24.8. The zero-order valence-electron chi connectivity index (χ0n) is 20.5. The predicted octanol–water partition coefficient (Wildman–Crippen LogP) is 7.90. The minimum atomic E-state index is 0.605. The number of aryl methyl sites for hydroxylation is 3. The van der Waals surface area contributed by atoms with Crippen LogP contribution in [0.3, 0.4) is 0 Å². The highest BCUT2D eigenvalue weighted by atomic mass is 16.3. The van der Waals surface area contributed by atoms with E-state index in [0.717, 1.165) is 61.0 Å². The van der Waals surface area contributed by atoms with E-state index in [4.69, 9.17) is 4.42 Å². The molecular formula is C33H25N2O+. The maximum atomic E-state index is 10.00. The number of fused-ring (bicyclic) bond motifs is 3. The first-order valence-corrected chi connectivity index (χ1v) is 12.1. The van der Waals surface area contributed by atoms with Gasteiger partial charge in [0.15, 0.2) is 6.20 Å². The first kappa shape index (κ1) is 21.8. The lowest BCUT2D eigenvalue weighted by Crippen LogP contribution is -2.30. The van der Waals surface area contributed by atoms with Crippen LogP contribution < -0.4 is 4.57 Å². The Balaban J connectivity index is 1.62. The Hall–Kier alpha value is -4.68. The fraction of sp³-hybridized carbons (Fsp3) is 0.0909. The summed E-state index contributed by atoms with van der Waals surface area (Å²) in [6.45, 7) is 4.22. The molecule has 0 aliphatic carbocycles. The standard InChI is InChI=1S/C33H25N2O/c1-21-17-18-35(3)29(19-21)30-22(2)9-15-27-28-16-14-26(20-34)31(33(28)36-32(27)30)25-12-10-24(11-13-25)23-7-5-4-6-8-23/h4-19H,1-3H3/q+1. The highest BCUT2D eigenvalue weighted by molar-refractivity contribution is 6.14. The van der Waals surface area contributed by atoms with Crippen LogP contribution in [0.2, 0.25) is 0 Å². The number of hydrogen-bond donors (Lipinski definition) is 0. The van der Waals surface area contributed by atoms with Crippen LogP contribution in [-0.4, -0.2) is 0 Å². The van der Waals surface area contributed by atoms with Gasteiger partial charge in [0.1, 0.15) is 18.2 Å². The van der Waals surface area contributed by atoms with Crippen molar-refractivity contribution in [2.45, 2.75) is 13.8 Å². The Morgan fingerprint density at radius 2 is 1.33 bits per heavy atom. The molecule has 2 heterocycles. The minimum Gasteiger partial charge on any atom is -0.454 e. The van der Waals surface area contributed by atoms with Crippen molar-refractivity contribution in [3.8, 4) is 39.6 Å². The molecule has 6 aromatic rings. The van der Waals surface area contributed by atoms with Gasteiger partial charge in [0.2, 0.25) is 5.69 Å². The van der Waals surface area contributed by atoms with Crippen molar-refractivity contribution in [2.75, 3.05) is 0 Å². The van der Waals surface area contributed by atoms with E-state index in [1.165, 1.54) is 5.56 Å². The van der Waals surface area contributed by atoms with Gasteiger partial charge in [-0.1, -0.05) is 66.7 Å². The van der Waals surface area contributed by atoms with Gasteiger partial charge in [-0.25, -0.2) is 4.57 Å². The fourth-order valence-electron chi connectivity index (χ4n) is 5.08. The molecule has 0 saturated carbocycles. The van der Waals surface area contributed by atoms with Crippen molar-refractivity contribution in [3.63, 3.8) is 0 Å². The molecule has 0 unspecified atom stereocenters. The lowest BCUT2D eigenvalue weighted by molar-refractivity contribution is -0.660. The van der Waals surface area contributed by atoms with Crippen LogP contribution in [0.4, 0.5) is 0 Å². The van der Waals surface area contributed by atoms with Gasteiger partial charge in [-0.3, -0.25) is 0 Å². The molecule has 0 spiro atoms. The summed E-state index contributed by atoms with van der Waals surface area (Å²) in [7, 11) is 2.06. The smallest absolute Gasteiger partial charge is 0.216 e. The molecule has 0 bridgehead atoms. The first-order chi connectivity index (χ1) is 17.5. The van der Waals surface area contributed by atoms with E-state index in [2.05, 4.69) is 98.4 Å². The maximum Gasteiger partial charge on any atom is 0.216 e. The van der Waals surface area contributed by atoms with Gasteiger partial charge in [-0.05, 0) is 53.8 Å². The average Bonchev–Trinajstić information content (AvgIpc) is 3.29. The molecule has 0 aliphatic heterocycles. The molecule has 3 nitrogen and oxygen atoms in total. The van der Waals surface area contributed by atoms with E-state index < -0.39 is 0 Å². The van der Waals surface area contributed by atoms with Crippen molar-refractivity contribution in [3.05, 3.63) is 114 Å². The van der Waals surface area contributed by atoms with Crippen LogP contribution in [0.15, 0.2) is 102 Å². The van der Waals surface area contributed by atoms with Crippen molar-refractivity contribution in [2.24, 2.45) is 7.05 Å². The average molecular weight is 466 g/mol. The molecule has 0 saturated heterocycles. The zero-order valence-corrected chi connectivity index (χ0v) is 20.5. The third kappa shape index (κ3) is 3.47. The number of nitrogens with zero attached hydrogens (tertiary/aromatic N) is 2. The number of nitriles is 1. The Bertz CT molecular complexity index is 1800. The fourth-order valence-corrected chi connectivity index (χ4v) is 5.08. The lowest BCUT2D eigenvalue weighted by Gasteiger charge is -2.07. The van der Waals surface area contributed by atoms with Crippen molar-refractivity contribution >= 4 is 21.9 Å². The van der Waals surface area contributed by atoms with Crippen LogP contribution in [-0.2, 0) is 7.05 Å². The quantitative estimate of drug-likeness (QED) is 0.249. The molecule has 6 rings (SSSR count). The Kier molecular flexibility index (Phi) is 5.16. The summed E-state index contributed by atoms with van der Waals surface area (Å²) in [5, 5.41) is 12.1. The van der Waals surface area contributed by atoms with Gasteiger partial charge in [-0.2, -0.15) is 5.26 Å². The van der Waals surface area contributed by atoms with Gasteiger partial charge in [0.25, 0.3) is 0 Å². The van der Waals surface area contributed by atoms with E-state index in [0.29, 0.717) is 5.56 Å². The van der Waals surface area contributed by atoms with Crippen LogP contribution in [0, 0.1) is 25.2 Å². The van der Waals surface area contributed by atoms with Gasteiger partial charge < -0.3 is 4.42 Å². The molecular weight excluding hydrogens is 440 g/mol. The molecule has 0 amide bonds. The summed E-state index contributed by atoms with van der Waals surface area (Å²) in [6.07, 6.45) is 2.08. The predicted molar refractivity (Wildman–Crippen MR) is 145 cm³/mol. The Morgan fingerprint density at radius 3 is 2.06 bits per heavy atom. The molecule has 0 aliphatic rings. The number of aromatic nitrogens is 1. The van der Waals surface area contributed by atoms with Gasteiger partial charge in [0.05, 0.1) is 17.2 Å². The summed E-state index contributed by atoms with van der Waals surface area (Å²) in [6, 6.07) is 33.6. The molecule has 172 valence electrons. The molecule has 2 aromatic heterocycles. The molecule has 0 atom stereocenters. The van der Waals surface area contributed by atoms with Crippen molar-refractivity contribution in [1.82, 2.24) is 0 Å². The summed E-state index contributed by atoms with van der Waals surface area (Å²) in [5.74, 6) is 0. The molecule has 3 heteroatoms. The highest BCUT2D eigenvalue weighted by Gasteiger charge is 2.23. The Labute approximate surface area is 210 Å². The van der Waals surface area contributed by atoms with Crippen molar-refractivity contribution in [1.29, 1.82) is 5.26 Å². The van der Waals surface area contributed by atoms with E-state index >= 15 is 0 Å². The van der Waals surface area contributed by atoms with Gasteiger partial charge in [-0.15, -0.1) is 0 Å². The Morgan fingerprint density at radius 1 is 0.694 bits per heavy atom. The molecule has 4 aromatic carbocycles.